The van der Waals surface area contributed by atoms with Crippen molar-refractivity contribution in [1.82, 2.24) is 0 Å². The normalized spacial score (nSPS) is 27.0. The average molecular weight is 440 g/mol. The first kappa shape index (κ1) is 32.6. The van der Waals surface area contributed by atoms with Gasteiger partial charge >= 0.3 is 21.7 Å². The van der Waals surface area contributed by atoms with Crippen molar-refractivity contribution >= 4 is 13.3 Å². The van der Waals surface area contributed by atoms with E-state index >= 15 is 0 Å². The Kier molecular flexibility index (Phi) is 12.6. The molecule has 1 fully saturated rings. The second kappa shape index (κ2) is 10.8. The monoisotopic (exact) mass is 439 g/mol. The summed E-state index contributed by atoms with van der Waals surface area (Å²) in [7, 11) is -1.79. The maximum atomic E-state index is 11.2. The molecule has 5 atom stereocenters. The maximum absolute atomic E-state index is 11.2. The van der Waals surface area contributed by atoms with E-state index < -0.39 is 8.07 Å². The summed E-state index contributed by atoms with van der Waals surface area (Å²) in [6.45, 7) is 23.5. The SMILES string of the molecule is Cc1cc(C(C)(C)C)c(O)c([Si](C)(C)C2C(C)C(C)C(C)[C@H]2C)c1.[CH3-].[CH3-].[CH3-].[Ti+3]. The number of benzene rings is 1. The average Bonchev–Trinajstić information content (AvgIpc) is 2.64. The molecule has 0 amide bonds. The fourth-order valence-corrected chi connectivity index (χ4v) is 10.4. The largest absolute Gasteiger partial charge is 3.00 e. The quantitative estimate of drug-likeness (QED) is 0.382. The van der Waals surface area contributed by atoms with E-state index in [1.807, 2.05) is 0 Å². The molecule has 0 bridgehead atoms. The molecule has 1 aromatic carbocycles. The molecule has 1 aromatic rings. The van der Waals surface area contributed by atoms with E-state index in [2.05, 4.69) is 80.6 Å². The van der Waals surface area contributed by atoms with E-state index in [1.54, 1.807) is 0 Å². The number of aromatic hydroxyl groups is 1. The van der Waals surface area contributed by atoms with Crippen LogP contribution in [0.4, 0.5) is 0 Å². The minimum atomic E-state index is -1.79. The first-order chi connectivity index (χ1) is 10.8. The second-order valence-electron chi connectivity index (χ2n) is 10.1. The van der Waals surface area contributed by atoms with E-state index in [0.717, 1.165) is 34.8 Å². The van der Waals surface area contributed by atoms with E-state index in [4.69, 9.17) is 0 Å². The van der Waals surface area contributed by atoms with E-state index in [1.165, 1.54) is 10.8 Å². The summed E-state index contributed by atoms with van der Waals surface area (Å²) in [6, 6.07) is 4.46. The minimum absolute atomic E-state index is 0. The Morgan fingerprint density at radius 2 is 1.21 bits per heavy atom. The van der Waals surface area contributed by atoms with Gasteiger partial charge in [-0.15, -0.1) is 0 Å². The standard InChI is InChI=1S/C22H38OSi.3CH3.Ti/c1-13-11-18(22(6,7)8)20(23)19(12-13)24(9,10)21-16(4)14(2)15(3)17(21)5;;;;/h11-12,14-17,21,23H,1-10H3;3*1H3;/q;3*-1;+3/t14?,15?,16-,17?,21?;;;;/m1..../s1. The van der Waals surface area contributed by atoms with Gasteiger partial charge in [-0.05, 0) is 52.3 Å². The van der Waals surface area contributed by atoms with Crippen LogP contribution in [0.15, 0.2) is 12.1 Å². The molecule has 1 aliphatic carbocycles. The van der Waals surface area contributed by atoms with Gasteiger partial charge in [0, 0.05) is 0 Å². The van der Waals surface area contributed by atoms with Crippen LogP contribution in [-0.4, -0.2) is 13.2 Å². The molecule has 28 heavy (non-hydrogen) atoms. The molecule has 0 aromatic heterocycles. The van der Waals surface area contributed by atoms with Crippen LogP contribution in [0, 0.1) is 52.9 Å². The van der Waals surface area contributed by atoms with Gasteiger partial charge in [-0.3, -0.25) is 0 Å². The van der Waals surface area contributed by atoms with Gasteiger partial charge in [0.1, 0.15) is 5.75 Å². The number of phenolic OH excluding ortho intramolecular Hbond substituents is 1. The first-order valence-electron chi connectivity index (χ1n) is 9.64. The van der Waals surface area contributed by atoms with Gasteiger partial charge < -0.3 is 27.4 Å². The van der Waals surface area contributed by atoms with Crippen molar-refractivity contribution in [2.24, 2.45) is 23.7 Å². The van der Waals surface area contributed by atoms with Crippen LogP contribution in [0.1, 0.15) is 59.6 Å². The molecule has 4 unspecified atom stereocenters. The Bertz CT molecular complexity index is 604. The van der Waals surface area contributed by atoms with Gasteiger partial charge in [-0.25, -0.2) is 0 Å². The van der Waals surface area contributed by atoms with Crippen LogP contribution in [0.3, 0.4) is 0 Å². The summed E-state index contributed by atoms with van der Waals surface area (Å²) in [5.74, 6) is 3.58. The predicted octanol–water partition coefficient (Wildman–Crippen LogP) is 7.19. The van der Waals surface area contributed by atoms with Gasteiger partial charge in [0.15, 0.2) is 0 Å². The van der Waals surface area contributed by atoms with Crippen LogP contribution >= 0.6 is 0 Å². The molecule has 3 heteroatoms. The summed E-state index contributed by atoms with van der Waals surface area (Å²) in [6.07, 6.45) is 0. The van der Waals surface area contributed by atoms with Crippen LogP contribution < -0.4 is 5.19 Å². The third-order valence-corrected chi connectivity index (χ3v) is 11.7. The third-order valence-electron chi connectivity index (χ3n) is 7.21. The van der Waals surface area contributed by atoms with Gasteiger partial charge in [-0.1, -0.05) is 79.3 Å². The minimum Gasteiger partial charge on any atom is -0.508 e. The molecule has 1 radical (unpaired) electrons. The van der Waals surface area contributed by atoms with Crippen LogP contribution in [0.5, 0.6) is 5.75 Å². The molecule has 1 aliphatic rings. The molecular formula is C25H47OSiTi. The Morgan fingerprint density at radius 1 is 0.821 bits per heavy atom. The topological polar surface area (TPSA) is 20.2 Å². The van der Waals surface area contributed by atoms with Crippen molar-refractivity contribution in [3.05, 3.63) is 45.5 Å². The molecule has 0 spiro atoms. The zero-order chi connectivity index (χ0) is 18.6. The number of hydrogen-bond acceptors (Lipinski definition) is 1. The van der Waals surface area contributed by atoms with Crippen molar-refractivity contribution in [1.29, 1.82) is 0 Å². The third kappa shape index (κ3) is 5.55. The van der Waals surface area contributed by atoms with Crippen LogP contribution in [0.25, 0.3) is 0 Å². The zero-order valence-corrected chi connectivity index (χ0v) is 23.6. The van der Waals surface area contributed by atoms with E-state index in [9.17, 15) is 5.11 Å². The Balaban J connectivity index is -0.00000156. The van der Waals surface area contributed by atoms with Gasteiger partial charge in [0.2, 0.25) is 0 Å². The van der Waals surface area contributed by atoms with Crippen molar-refractivity contribution in [2.75, 3.05) is 0 Å². The van der Waals surface area contributed by atoms with Crippen LogP contribution in [-0.2, 0) is 27.1 Å². The number of rotatable bonds is 2. The second-order valence-corrected chi connectivity index (χ2v) is 14.8. The summed E-state index contributed by atoms with van der Waals surface area (Å²) in [4.78, 5) is 0. The Labute approximate surface area is 194 Å². The van der Waals surface area contributed by atoms with E-state index in [0.29, 0.717) is 5.75 Å². The molecule has 1 saturated carbocycles. The summed E-state index contributed by atoms with van der Waals surface area (Å²) in [5, 5.41) is 12.5. The molecule has 0 aliphatic heterocycles. The Morgan fingerprint density at radius 3 is 1.57 bits per heavy atom. The van der Waals surface area contributed by atoms with Crippen LogP contribution in [0.2, 0.25) is 18.6 Å². The van der Waals surface area contributed by atoms with Crippen molar-refractivity contribution in [3.63, 3.8) is 0 Å². The molecule has 1 N–H and O–H groups in total. The molecule has 0 saturated heterocycles. The summed E-state index contributed by atoms with van der Waals surface area (Å²) >= 11 is 0. The van der Waals surface area contributed by atoms with E-state index in [-0.39, 0.29) is 49.4 Å². The number of hydrogen-bond donors (Lipinski definition) is 1. The first-order valence-corrected chi connectivity index (χ1v) is 12.7. The van der Waals surface area contributed by atoms with Crippen molar-refractivity contribution < 1.29 is 26.8 Å². The summed E-state index contributed by atoms with van der Waals surface area (Å²) in [5.41, 5.74) is 3.09. The smallest absolute Gasteiger partial charge is 0.508 e. The van der Waals surface area contributed by atoms with Crippen molar-refractivity contribution in [2.45, 2.75) is 79.4 Å². The summed E-state index contributed by atoms with van der Waals surface area (Å²) < 4.78 is 0. The molecule has 0 heterocycles. The van der Waals surface area contributed by atoms with Gasteiger partial charge in [-0.2, -0.15) is 0 Å². The van der Waals surface area contributed by atoms with Gasteiger partial charge in [0.05, 0.1) is 8.07 Å². The molecule has 1 nitrogen and oxygen atoms in total. The Hall–Kier alpha value is -0.0488. The molecule has 161 valence electrons. The fourth-order valence-electron chi connectivity index (χ4n) is 5.43. The number of phenols is 1. The van der Waals surface area contributed by atoms with Crippen molar-refractivity contribution in [3.8, 4) is 5.75 Å². The predicted molar refractivity (Wildman–Crippen MR) is 128 cm³/mol. The molecule has 2 rings (SSSR count). The zero-order valence-electron chi connectivity index (χ0n) is 21.0. The molecular weight excluding hydrogens is 392 g/mol. The number of aryl methyl sites for hydroxylation is 1. The fraction of sp³-hybridized carbons (Fsp3) is 0.640. The maximum Gasteiger partial charge on any atom is 3.00 e. The van der Waals surface area contributed by atoms with Gasteiger partial charge in [0.25, 0.3) is 0 Å².